The van der Waals surface area contributed by atoms with Crippen LogP contribution in [-0.4, -0.2) is 41.6 Å². The lowest BCUT2D eigenvalue weighted by molar-refractivity contribution is -0.139. The predicted octanol–water partition coefficient (Wildman–Crippen LogP) is -0.693. The highest BCUT2D eigenvalue weighted by molar-refractivity contribution is 5.89. The van der Waals surface area contributed by atoms with E-state index < -0.39 is 11.9 Å². The molecule has 0 fully saturated rings. The van der Waals surface area contributed by atoms with E-state index in [2.05, 4.69) is 24.9 Å². The number of aromatic amines is 1. The minimum atomic E-state index is -0.641. The molecule has 1 aromatic rings. The van der Waals surface area contributed by atoms with E-state index in [4.69, 9.17) is 0 Å². The summed E-state index contributed by atoms with van der Waals surface area (Å²) in [5.74, 6) is -1.14. The van der Waals surface area contributed by atoms with Gasteiger partial charge in [-0.1, -0.05) is 0 Å². The smallest absolute Gasteiger partial charge is 0.360 e. The first-order valence-corrected chi connectivity index (χ1v) is 3.73. The molecule has 0 aliphatic rings. The van der Waals surface area contributed by atoms with Crippen LogP contribution in [0, 0.1) is 0 Å². The van der Waals surface area contributed by atoms with Crippen molar-refractivity contribution in [2.75, 3.05) is 14.2 Å². The summed E-state index contributed by atoms with van der Waals surface area (Å²) < 4.78 is 8.86. The van der Waals surface area contributed by atoms with Crippen LogP contribution in [0.15, 0.2) is 0 Å². The minimum absolute atomic E-state index is 0.00194. The minimum Gasteiger partial charge on any atom is -0.469 e. The Labute approximate surface area is 79.4 Å². The van der Waals surface area contributed by atoms with E-state index in [-0.39, 0.29) is 17.8 Å². The Kier molecular flexibility index (Phi) is 3.16. The standard InChI is InChI=1S/C7H9N3O4/c1-13-5(11)3-4-6(7(12)14-2)9-10-8-4/h3H2,1-2H3,(H,8,9,10). The van der Waals surface area contributed by atoms with Gasteiger partial charge >= 0.3 is 11.9 Å². The second-order valence-electron chi connectivity index (χ2n) is 2.36. The lowest BCUT2D eigenvalue weighted by Crippen LogP contribution is -2.11. The van der Waals surface area contributed by atoms with Gasteiger partial charge in [0.2, 0.25) is 0 Å². The Morgan fingerprint density at radius 1 is 1.29 bits per heavy atom. The highest BCUT2D eigenvalue weighted by Crippen LogP contribution is 2.04. The molecule has 0 spiro atoms. The summed E-state index contributed by atoms with van der Waals surface area (Å²) >= 11 is 0. The van der Waals surface area contributed by atoms with Gasteiger partial charge in [-0.15, -0.1) is 5.10 Å². The maximum Gasteiger partial charge on any atom is 0.360 e. The Hall–Kier alpha value is -1.92. The molecular weight excluding hydrogens is 190 g/mol. The second kappa shape index (κ2) is 4.35. The molecule has 0 aliphatic carbocycles. The zero-order chi connectivity index (χ0) is 10.6. The maximum absolute atomic E-state index is 11.1. The van der Waals surface area contributed by atoms with E-state index in [9.17, 15) is 9.59 Å². The van der Waals surface area contributed by atoms with Crippen LogP contribution in [0.1, 0.15) is 16.2 Å². The molecule has 0 unspecified atom stereocenters. The molecule has 0 amide bonds. The summed E-state index contributed by atoms with van der Waals surface area (Å²) in [7, 11) is 2.47. The number of esters is 2. The molecular formula is C7H9N3O4. The van der Waals surface area contributed by atoms with Crippen LogP contribution >= 0.6 is 0 Å². The SMILES string of the molecule is COC(=O)Cc1n[nH]nc1C(=O)OC. The monoisotopic (exact) mass is 199 g/mol. The maximum atomic E-state index is 11.1. The average Bonchev–Trinajstić information content (AvgIpc) is 2.64. The molecule has 1 heterocycles. The highest BCUT2D eigenvalue weighted by Gasteiger charge is 2.19. The third kappa shape index (κ3) is 2.06. The van der Waals surface area contributed by atoms with Gasteiger partial charge in [0.15, 0.2) is 5.69 Å². The van der Waals surface area contributed by atoms with Crippen molar-refractivity contribution in [3.8, 4) is 0 Å². The van der Waals surface area contributed by atoms with Gasteiger partial charge in [0.25, 0.3) is 0 Å². The van der Waals surface area contributed by atoms with Crippen molar-refractivity contribution >= 4 is 11.9 Å². The molecule has 0 atom stereocenters. The van der Waals surface area contributed by atoms with E-state index >= 15 is 0 Å². The molecule has 0 saturated carbocycles. The normalized spacial score (nSPS) is 9.57. The Bertz CT molecular complexity index is 346. The number of hydrogen-bond acceptors (Lipinski definition) is 6. The molecule has 0 aliphatic heterocycles. The molecule has 1 rings (SSSR count). The third-order valence-electron chi connectivity index (χ3n) is 1.54. The first-order valence-electron chi connectivity index (χ1n) is 3.73. The fourth-order valence-electron chi connectivity index (χ4n) is 0.845. The van der Waals surface area contributed by atoms with E-state index in [1.807, 2.05) is 0 Å². The zero-order valence-electron chi connectivity index (χ0n) is 7.73. The molecule has 14 heavy (non-hydrogen) atoms. The number of ether oxygens (including phenoxy) is 2. The summed E-state index contributed by atoms with van der Waals surface area (Å²) in [5, 5.41) is 9.43. The molecule has 0 aromatic carbocycles. The Balaban J connectivity index is 2.82. The first-order chi connectivity index (χ1) is 6.69. The lowest BCUT2D eigenvalue weighted by atomic mass is 10.2. The topological polar surface area (TPSA) is 94.2 Å². The van der Waals surface area contributed by atoms with E-state index in [1.54, 1.807) is 0 Å². The number of methoxy groups -OCH3 is 2. The van der Waals surface area contributed by atoms with Gasteiger partial charge < -0.3 is 9.47 Å². The fraction of sp³-hybridized carbons (Fsp3) is 0.429. The summed E-state index contributed by atoms with van der Waals surface area (Å²) in [6, 6.07) is 0. The second-order valence-corrected chi connectivity index (χ2v) is 2.36. The summed E-state index contributed by atoms with van der Waals surface area (Å²) in [6.07, 6.45) is -0.114. The van der Waals surface area contributed by atoms with Gasteiger partial charge in [0.05, 0.1) is 20.6 Å². The van der Waals surface area contributed by atoms with E-state index in [1.165, 1.54) is 14.2 Å². The van der Waals surface area contributed by atoms with Crippen molar-refractivity contribution in [1.82, 2.24) is 15.4 Å². The summed E-state index contributed by atoms with van der Waals surface area (Å²) in [4.78, 5) is 22.0. The van der Waals surface area contributed by atoms with Crippen molar-refractivity contribution in [2.45, 2.75) is 6.42 Å². The molecule has 1 aromatic heterocycles. The molecule has 0 saturated heterocycles. The molecule has 76 valence electrons. The number of rotatable bonds is 3. The van der Waals surface area contributed by atoms with E-state index in [0.717, 1.165) is 0 Å². The number of hydrogen-bond donors (Lipinski definition) is 1. The fourth-order valence-corrected chi connectivity index (χ4v) is 0.845. The Morgan fingerprint density at radius 2 is 2.00 bits per heavy atom. The van der Waals surface area contributed by atoms with Crippen LogP contribution in [0.4, 0.5) is 0 Å². The summed E-state index contributed by atoms with van der Waals surface area (Å²) in [6.45, 7) is 0. The van der Waals surface area contributed by atoms with Crippen LogP contribution in [-0.2, 0) is 20.7 Å². The largest absolute Gasteiger partial charge is 0.469 e. The van der Waals surface area contributed by atoms with E-state index in [0.29, 0.717) is 0 Å². The number of carbonyl (C=O) groups excluding carboxylic acids is 2. The van der Waals surface area contributed by atoms with Crippen LogP contribution in [0.3, 0.4) is 0 Å². The van der Waals surface area contributed by atoms with Gasteiger partial charge in [-0.05, 0) is 0 Å². The zero-order valence-corrected chi connectivity index (χ0v) is 7.73. The van der Waals surface area contributed by atoms with Crippen LogP contribution in [0.2, 0.25) is 0 Å². The number of carbonyl (C=O) groups is 2. The third-order valence-corrected chi connectivity index (χ3v) is 1.54. The predicted molar refractivity (Wildman–Crippen MR) is 43.4 cm³/mol. The van der Waals surface area contributed by atoms with Gasteiger partial charge in [-0.25, -0.2) is 4.79 Å². The van der Waals surface area contributed by atoms with Gasteiger partial charge in [0, 0.05) is 0 Å². The molecule has 7 heteroatoms. The average molecular weight is 199 g/mol. The van der Waals surface area contributed by atoms with Crippen molar-refractivity contribution < 1.29 is 19.1 Å². The van der Waals surface area contributed by atoms with Gasteiger partial charge in [-0.3, -0.25) is 4.79 Å². The summed E-state index contributed by atoms with van der Waals surface area (Å²) in [5.41, 5.74) is 0.210. The number of nitrogens with one attached hydrogen (secondary N) is 1. The highest BCUT2D eigenvalue weighted by atomic mass is 16.5. The number of H-pyrrole nitrogens is 1. The van der Waals surface area contributed by atoms with Crippen molar-refractivity contribution in [3.05, 3.63) is 11.4 Å². The van der Waals surface area contributed by atoms with Crippen LogP contribution < -0.4 is 0 Å². The number of nitrogens with zero attached hydrogens (tertiary/aromatic N) is 2. The number of aromatic nitrogens is 3. The Morgan fingerprint density at radius 3 is 2.57 bits per heavy atom. The van der Waals surface area contributed by atoms with Crippen molar-refractivity contribution in [1.29, 1.82) is 0 Å². The molecule has 0 bridgehead atoms. The molecule has 0 radical (unpaired) electrons. The van der Waals surface area contributed by atoms with Crippen molar-refractivity contribution in [2.24, 2.45) is 0 Å². The molecule has 1 N–H and O–H groups in total. The molecule has 7 nitrogen and oxygen atoms in total. The van der Waals surface area contributed by atoms with Crippen LogP contribution in [0.25, 0.3) is 0 Å². The van der Waals surface area contributed by atoms with Gasteiger partial charge in [-0.2, -0.15) is 10.3 Å². The van der Waals surface area contributed by atoms with Gasteiger partial charge in [0.1, 0.15) is 5.69 Å². The first kappa shape index (κ1) is 10.2. The van der Waals surface area contributed by atoms with Crippen LogP contribution in [0.5, 0.6) is 0 Å². The van der Waals surface area contributed by atoms with Crippen molar-refractivity contribution in [3.63, 3.8) is 0 Å². The lowest BCUT2D eigenvalue weighted by Gasteiger charge is -1.97. The quantitative estimate of drug-likeness (QED) is 0.647.